The van der Waals surface area contributed by atoms with Gasteiger partial charge in [0, 0.05) is 48.3 Å². The zero-order chi connectivity index (χ0) is 51.4. The average Bonchev–Trinajstić information content (AvgIpc) is 4.09. The predicted molar refractivity (Wildman–Crippen MR) is 271 cm³/mol. The van der Waals surface area contributed by atoms with Gasteiger partial charge >= 0.3 is 6.09 Å². The molecule has 5 atom stereocenters. The predicted octanol–water partition coefficient (Wildman–Crippen LogP) is 3.96. The van der Waals surface area contributed by atoms with E-state index in [0.29, 0.717) is 29.2 Å². The van der Waals surface area contributed by atoms with Gasteiger partial charge in [-0.2, -0.15) is 0 Å². The van der Waals surface area contributed by atoms with Crippen molar-refractivity contribution < 1.29 is 43.0 Å². The van der Waals surface area contributed by atoms with Crippen molar-refractivity contribution in [1.82, 2.24) is 47.0 Å². The molecule has 0 spiro atoms. The topological polar surface area (TPSA) is 273 Å². The quantitative estimate of drug-likeness (QED) is 0.0225. The first-order valence-corrected chi connectivity index (χ1v) is 23.6. The molecule has 0 radical (unpaired) electrons. The number of imidazole rings is 1. The highest BCUT2D eigenvalue weighted by molar-refractivity contribution is 5.97. The van der Waals surface area contributed by atoms with Crippen molar-refractivity contribution in [2.75, 3.05) is 6.61 Å². The standard InChI is InChI=1S/C54H58N10O9/c1-35(49(65)64-55)59-50(66)46(26-40-28-57-44-20-12-11-19-43(40)44)61-53(69)48(33-71-30-37-13-5-2-6-14-37)62-51(67)45(25-36-21-23-42(24-22-36)72-31-38-15-7-3-8-16-38)60-52(68)47(27-41-29-56-34-58-41)63-54(70)73-32-39-17-9-4-10-18-39/h2-24,28-29,34-35,45-48,57H,25-27,30-33,55H2,1H3,(H,56,58)(H,59,66)(H,60,68)(H,61,69)(H,62,67)(H,63,70)(H,64,65)/t35-,45+,46+,47+,48+/m0/s1. The van der Waals surface area contributed by atoms with Gasteiger partial charge in [0.2, 0.25) is 23.6 Å². The molecule has 0 aliphatic carbocycles. The molecule has 19 heteroatoms. The maximum absolute atomic E-state index is 14.8. The summed E-state index contributed by atoms with van der Waals surface area (Å²) in [5.74, 6) is 2.20. The van der Waals surface area contributed by atoms with E-state index in [-0.39, 0.29) is 39.1 Å². The fourth-order valence-electron chi connectivity index (χ4n) is 7.74. The van der Waals surface area contributed by atoms with E-state index in [9.17, 15) is 28.8 Å². The molecule has 6 amide bonds. The molecule has 0 fully saturated rings. The number of carbonyl (C=O) groups is 6. The third kappa shape index (κ3) is 15.8. The van der Waals surface area contributed by atoms with E-state index in [1.54, 1.807) is 54.7 Å². The number of alkyl carbamates (subject to hydrolysis) is 1. The minimum absolute atomic E-state index is 0.0215. The number of rotatable bonds is 25. The highest BCUT2D eigenvalue weighted by Gasteiger charge is 2.33. The molecule has 0 unspecified atom stereocenters. The summed E-state index contributed by atoms with van der Waals surface area (Å²) in [6, 6.07) is 35.8. The molecule has 2 heterocycles. The van der Waals surface area contributed by atoms with Crippen LogP contribution in [0.4, 0.5) is 4.79 Å². The summed E-state index contributed by atoms with van der Waals surface area (Å²) < 4.78 is 17.5. The van der Waals surface area contributed by atoms with E-state index in [0.717, 1.165) is 27.6 Å². The largest absolute Gasteiger partial charge is 0.489 e. The summed E-state index contributed by atoms with van der Waals surface area (Å²) in [6.45, 7) is 1.38. The minimum Gasteiger partial charge on any atom is -0.489 e. The maximum atomic E-state index is 14.8. The van der Waals surface area contributed by atoms with Crippen LogP contribution in [-0.2, 0) is 72.5 Å². The molecule has 2 aromatic heterocycles. The first-order chi connectivity index (χ1) is 35.5. The van der Waals surface area contributed by atoms with Crippen LogP contribution in [0.2, 0.25) is 0 Å². The van der Waals surface area contributed by atoms with Gasteiger partial charge in [0.05, 0.1) is 19.5 Å². The molecular weight excluding hydrogens is 933 g/mol. The number of fused-ring (bicyclic) bond motifs is 1. The molecule has 10 N–H and O–H groups in total. The van der Waals surface area contributed by atoms with Crippen molar-refractivity contribution in [3.63, 3.8) is 0 Å². The molecule has 0 aliphatic heterocycles. The molecule has 5 aromatic carbocycles. The van der Waals surface area contributed by atoms with Crippen LogP contribution in [0, 0.1) is 0 Å². The lowest BCUT2D eigenvalue weighted by molar-refractivity contribution is -0.135. The summed E-state index contributed by atoms with van der Waals surface area (Å²) in [5.41, 5.74) is 7.10. The number of para-hydroxylation sites is 1. The number of nitrogens with zero attached hydrogens (tertiary/aromatic N) is 1. The van der Waals surface area contributed by atoms with E-state index in [4.69, 9.17) is 20.1 Å². The Balaban J connectivity index is 1.15. The lowest BCUT2D eigenvalue weighted by Gasteiger charge is -2.27. The Hall–Kier alpha value is -8.81. The minimum atomic E-state index is -1.45. The number of carbonyl (C=O) groups excluding carboxylic acids is 6. The van der Waals surface area contributed by atoms with Crippen LogP contribution in [0.15, 0.2) is 158 Å². The fourth-order valence-corrected chi connectivity index (χ4v) is 7.74. The smallest absolute Gasteiger partial charge is 0.408 e. The van der Waals surface area contributed by atoms with Crippen molar-refractivity contribution in [1.29, 1.82) is 0 Å². The summed E-state index contributed by atoms with van der Waals surface area (Å²) in [5, 5.41) is 14.4. The van der Waals surface area contributed by atoms with Crippen LogP contribution in [0.25, 0.3) is 10.9 Å². The number of hydrazine groups is 1. The first kappa shape index (κ1) is 52.0. The van der Waals surface area contributed by atoms with Crippen LogP contribution in [-0.4, -0.2) is 87.4 Å². The van der Waals surface area contributed by atoms with Gasteiger partial charge in [0.15, 0.2) is 0 Å². The number of ether oxygens (including phenoxy) is 3. The van der Waals surface area contributed by atoms with Crippen molar-refractivity contribution >= 4 is 46.5 Å². The lowest BCUT2D eigenvalue weighted by Crippen LogP contribution is -2.60. The summed E-state index contributed by atoms with van der Waals surface area (Å²) in [6.07, 6.45) is 3.61. The second-order valence-corrected chi connectivity index (χ2v) is 17.1. The van der Waals surface area contributed by atoms with Crippen molar-refractivity contribution in [3.05, 3.63) is 192 Å². The number of hydrogen-bond donors (Lipinski definition) is 9. The Kier molecular flexibility index (Phi) is 18.8. The zero-order valence-electron chi connectivity index (χ0n) is 40.0. The number of nitrogens with two attached hydrogens (primary N) is 1. The number of H-pyrrole nitrogens is 2. The van der Waals surface area contributed by atoms with Gasteiger partial charge in [-0.05, 0) is 52.9 Å². The first-order valence-electron chi connectivity index (χ1n) is 23.6. The Morgan fingerprint density at radius 2 is 1.10 bits per heavy atom. The summed E-state index contributed by atoms with van der Waals surface area (Å²) >= 11 is 0. The number of aromatic amines is 2. The number of aromatic nitrogens is 3. The van der Waals surface area contributed by atoms with Crippen molar-refractivity contribution in [2.45, 2.75) is 76.2 Å². The van der Waals surface area contributed by atoms with Gasteiger partial charge in [-0.25, -0.2) is 15.6 Å². The summed E-state index contributed by atoms with van der Waals surface area (Å²) in [4.78, 5) is 93.6. The fraction of sp³-hybridized carbons (Fsp3) is 0.241. The normalized spacial score (nSPS) is 13.0. The third-order valence-corrected chi connectivity index (χ3v) is 11.7. The molecule has 378 valence electrons. The SMILES string of the molecule is C[C@H](NC(=O)[C@@H](Cc1c[nH]c2ccccc12)NC(=O)[C@@H](COCc1ccccc1)NC(=O)[C@@H](Cc1ccc(OCc2ccccc2)cc1)NC(=O)[C@@H](Cc1cnc[nH]1)NC(=O)OCc1ccccc1)C(=O)NN. The lowest BCUT2D eigenvalue weighted by atomic mass is 10.0. The Bertz CT molecular complexity index is 2890. The molecule has 0 bridgehead atoms. The van der Waals surface area contributed by atoms with Crippen LogP contribution in [0.1, 0.15) is 40.4 Å². The van der Waals surface area contributed by atoms with Crippen molar-refractivity contribution in [3.8, 4) is 5.75 Å². The van der Waals surface area contributed by atoms with Gasteiger partial charge in [-0.3, -0.25) is 29.4 Å². The maximum Gasteiger partial charge on any atom is 0.408 e. The molecule has 7 aromatic rings. The van der Waals surface area contributed by atoms with E-state index in [2.05, 4.69) is 41.5 Å². The molecule has 0 aliphatic rings. The second kappa shape index (κ2) is 26.4. The molecular formula is C54H58N10O9. The molecule has 73 heavy (non-hydrogen) atoms. The van der Waals surface area contributed by atoms with Crippen LogP contribution >= 0.6 is 0 Å². The van der Waals surface area contributed by atoms with E-state index < -0.39 is 65.8 Å². The number of nitrogens with one attached hydrogen (secondary N) is 8. The molecule has 19 nitrogen and oxygen atoms in total. The van der Waals surface area contributed by atoms with Gasteiger partial charge in [0.1, 0.15) is 49.2 Å². The second-order valence-electron chi connectivity index (χ2n) is 17.1. The summed E-state index contributed by atoms with van der Waals surface area (Å²) in [7, 11) is 0. The van der Waals surface area contributed by atoms with Gasteiger partial charge in [-0.1, -0.05) is 121 Å². The van der Waals surface area contributed by atoms with Crippen LogP contribution in [0.3, 0.4) is 0 Å². The Morgan fingerprint density at radius 1 is 0.548 bits per heavy atom. The van der Waals surface area contributed by atoms with E-state index >= 15 is 0 Å². The number of hydrogen-bond acceptors (Lipinski definition) is 11. The molecule has 0 saturated carbocycles. The van der Waals surface area contributed by atoms with E-state index in [1.807, 2.05) is 96.4 Å². The van der Waals surface area contributed by atoms with Crippen molar-refractivity contribution in [2.24, 2.45) is 5.84 Å². The van der Waals surface area contributed by atoms with Gasteiger partial charge in [-0.15, -0.1) is 0 Å². The highest BCUT2D eigenvalue weighted by atomic mass is 16.5. The monoisotopic (exact) mass is 990 g/mol. The van der Waals surface area contributed by atoms with Crippen LogP contribution in [0.5, 0.6) is 5.75 Å². The van der Waals surface area contributed by atoms with Gasteiger partial charge < -0.3 is 50.8 Å². The Labute approximate surface area is 421 Å². The van der Waals surface area contributed by atoms with Gasteiger partial charge in [0.25, 0.3) is 5.91 Å². The molecule has 7 rings (SSSR count). The van der Waals surface area contributed by atoms with Crippen LogP contribution < -0.4 is 42.6 Å². The number of benzene rings is 5. The third-order valence-electron chi connectivity index (χ3n) is 11.7. The average molecular weight is 991 g/mol. The van der Waals surface area contributed by atoms with E-state index in [1.165, 1.54) is 19.4 Å². The molecule has 0 saturated heterocycles. The zero-order valence-corrected chi connectivity index (χ0v) is 40.0. The highest BCUT2D eigenvalue weighted by Crippen LogP contribution is 2.20. The number of amides is 6. The Morgan fingerprint density at radius 3 is 1.73 bits per heavy atom.